The van der Waals surface area contributed by atoms with Crippen LogP contribution in [0.4, 0.5) is 4.79 Å². The van der Waals surface area contributed by atoms with Crippen LogP contribution >= 0.6 is 0 Å². The van der Waals surface area contributed by atoms with Crippen molar-refractivity contribution in [3.05, 3.63) is 0 Å². The monoisotopic (exact) mass is 290 g/mol. The summed E-state index contributed by atoms with van der Waals surface area (Å²) in [5, 5.41) is 0. The Morgan fingerprint density at radius 1 is 0.700 bits per heavy atom. The average Bonchev–Trinajstić information content (AvgIpc) is 2.37. The highest BCUT2D eigenvalue weighted by Gasteiger charge is 2.11. The summed E-state index contributed by atoms with van der Waals surface area (Å²) < 4.78 is 0. The molecule has 0 radical (unpaired) electrons. The van der Waals surface area contributed by atoms with Crippen LogP contribution in [-0.4, -0.2) is 29.8 Å². The van der Waals surface area contributed by atoms with Crippen LogP contribution in [0.25, 0.3) is 0 Å². The molecule has 6 N–H and O–H groups in total. The van der Waals surface area contributed by atoms with Crippen LogP contribution in [0.2, 0.25) is 0 Å². The van der Waals surface area contributed by atoms with Gasteiger partial charge in [-0.05, 0) is 0 Å². The molecule has 0 unspecified atom stereocenters. The van der Waals surface area contributed by atoms with Crippen molar-refractivity contribution in [1.82, 2.24) is 11.0 Å². The third kappa shape index (κ3) is 10.3. The lowest BCUT2D eigenvalue weighted by molar-refractivity contribution is -0.138. The van der Waals surface area contributed by atoms with Gasteiger partial charge in [0.15, 0.2) is 0 Å². The second-order valence-electron chi connectivity index (χ2n) is 3.44. The van der Waals surface area contributed by atoms with Gasteiger partial charge in [-0.2, -0.15) is 15.8 Å². The van der Waals surface area contributed by atoms with Gasteiger partial charge in [-0.3, -0.25) is 19.2 Å². The van der Waals surface area contributed by atoms with Crippen LogP contribution in [0.5, 0.6) is 0 Å². The van der Waals surface area contributed by atoms with Crippen molar-refractivity contribution in [1.29, 1.82) is 0 Å². The lowest BCUT2D eigenvalue weighted by Gasteiger charge is -2.06. The quantitative estimate of drug-likeness (QED) is 0.398. The molecule has 0 fully saturated rings. The van der Waals surface area contributed by atoms with Gasteiger partial charge in [-0.25, -0.2) is 0 Å². The van der Waals surface area contributed by atoms with E-state index >= 15 is 0 Å². The summed E-state index contributed by atoms with van der Waals surface area (Å²) in [7, 11) is 0. The molecular formula is C9H14N4O7. The summed E-state index contributed by atoms with van der Waals surface area (Å²) >= 11 is 0. The summed E-state index contributed by atoms with van der Waals surface area (Å²) in [4.78, 5) is 61.7. The van der Waals surface area contributed by atoms with Gasteiger partial charge in [0.1, 0.15) is 0 Å². The molecule has 0 aliphatic heterocycles. The van der Waals surface area contributed by atoms with Gasteiger partial charge in [-0.1, -0.05) is 0 Å². The zero-order valence-corrected chi connectivity index (χ0v) is 10.3. The van der Waals surface area contributed by atoms with E-state index in [1.807, 2.05) is 0 Å². The van der Waals surface area contributed by atoms with Crippen molar-refractivity contribution >= 4 is 29.8 Å². The van der Waals surface area contributed by atoms with E-state index in [0.717, 1.165) is 0 Å². The van der Waals surface area contributed by atoms with Crippen LogP contribution in [0.15, 0.2) is 0 Å². The van der Waals surface area contributed by atoms with E-state index < -0.39 is 29.8 Å². The molecule has 11 heteroatoms. The van der Waals surface area contributed by atoms with E-state index in [1.54, 1.807) is 11.0 Å². The minimum Gasteiger partial charge on any atom is -0.370 e. The third-order valence-electron chi connectivity index (χ3n) is 1.69. The number of nitrogens with one attached hydrogen (secondary N) is 2. The lowest BCUT2D eigenvalue weighted by atomic mass is 10.3. The van der Waals surface area contributed by atoms with Crippen LogP contribution in [-0.2, 0) is 28.9 Å². The molecule has 0 aromatic carbocycles. The van der Waals surface area contributed by atoms with Gasteiger partial charge < -0.3 is 21.1 Å². The Hall–Kier alpha value is -2.85. The molecule has 20 heavy (non-hydrogen) atoms. The number of amides is 4. The first-order valence-corrected chi connectivity index (χ1v) is 5.33. The molecule has 0 saturated carbocycles. The van der Waals surface area contributed by atoms with Gasteiger partial charge in [0, 0.05) is 25.7 Å². The molecule has 0 spiro atoms. The Bertz CT molecular complexity index is 373. The Labute approximate surface area is 112 Å². The molecule has 112 valence electrons. The minimum absolute atomic E-state index is 0.214. The van der Waals surface area contributed by atoms with Gasteiger partial charge in [0.05, 0.1) is 0 Å². The molecule has 0 saturated heterocycles. The maximum Gasteiger partial charge on any atom is 0.558 e. The van der Waals surface area contributed by atoms with E-state index in [-0.39, 0.29) is 25.7 Å². The first-order valence-electron chi connectivity index (χ1n) is 5.33. The van der Waals surface area contributed by atoms with E-state index in [4.69, 9.17) is 11.5 Å². The Balaban J connectivity index is 3.73. The summed E-state index contributed by atoms with van der Waals surface area (Å²) in [6, 6.07) is 0. The minimum atomic E-state index is -1.41. The number of carbonyl (C=O) groups is 5. The largest absolute Gasteiger partial charge is 0.558 e. The van der Waals surface area contributed by atoms with Crippen molar-refractivity contribution in [3.63, 3.8) is 0 Å². The second kappa shape index (κ2) is 9.13. The standard InChI is InChI=1S/C9H14N4O7/c10-5(14)1-3-7(16)12-19-9(18)20-13-8(17)4-2-6(11)15/h1-4H2,(H2,10,14)(H2,11,15)(H,12,16)(H,13,17). The number of primary amides is 2. The number of rotatable bonds is 6. The average molecular weight is 290 g/mol. The molecule has 0 heterocycles. The number of hydrogen-bond donors (Lipinski definition) is 4. The Kier molecular flexibility index (Phi) is 7.83. The molecule has 0 bridgehead atoms. The van der Waals surface area contributed by atoms with Gasteiger partial charge in [0.2, 0.25) is 11.8 Å². The normalized spacial score (nSPS) is 9.20. The predicted molar refractivity (Wildman–Crippen MR) is 60.7 cm³/mol. The van der Waals surface area contributed by atoms with Gasteiger partial charge >= 0.3 is 6.16 Å². The number of hydroxylamine groups is 2. The number of nitrogens with two attached hydrogens (primary N) is 2. The Morgan fingerprint density at radius 2 is 1.05 bits per heavy atom. The smallest absolute Gasteiger partial charge is 0.370 e. The molecule has 0 aliphatic rings. The fourth-order valence-corrected chi connectivity index (χ4v) is 0.794. The molecule has 0 aromatic rings. The third-order valence-corrected chi connectivity index (χ3v) is 1.69. The fourth-order valence-electron chi connectivity index (χ4n) is 0.794. The van der Waals surface area contributed by atoms with E-state index in [9.17, 15) is 24.0 Å². The maximum absolute atomic E-state index is 11.0. The molecule has 0 aromatic heterocycles. The first-order chi connectivity index (χ1) is 9.31. The van der Waals surface area contributed by atoms with Crippen molar-refractivity contribution in [3.8, 4) is 0 Å². The van der Waals surface area contributed by atoms with E-state index in [2.05, 4.69) is 9.68 Å². The molecule has 0 rings (SSSR count). The highest BCUT2D eigenvalue weighted by atomic mass is 16.9. The SMILES string of the molecule is NC(=O)CCC(=O)NOC(=O)ONC(=O)CCC(N)=O. The number of hydrogen-bond acceptors (Lipinski definition) is 7. The predicted octanol–water partition coefficient (Wildman–Crippen LogP) is -2.27. The van der Waals surface area contributed by atoms with Crippen molar-refractivity contribution in [2.45, 2.75) is 25.7 Å². The zero-order chi connectivity index (χ0) is 15.5. The van der Waals surface area contributed by atoms with Crippen molar-refractivity contribution in [2.75, 3.05) is 0 Å². The van der Waals surface area contributed by atoms with Gasteiger partial charge in [0.25, 0.3) is 11.8 Å². The summed E-state index contributed by atoms with van der Waals surface area (Å²) in [6.07, 6.45) is -2.38. The molecule has 4 amide bonds. The summed E-state index contributed by atoms with van der Waals surface area (Å²) in [5.41, 5.74) is 12.9. The maximum atomic E-state index is 11.0. The van der Waals surface area contributed by atoms with Crippen molar-refractivity contribution in [2.24, 2.45) is 11.5 Å². The topological polar surface area (TPSA) is 180 Å². The molecule has 0 aliphatic carbocycles. The summed E-state index contributed by atoms with van der Waals surface area (Å²) in [6.45, 7) is 0. The van der Waals surface area contributed by atoms with Crippen LogP contribution in [0, 0.1) is 0 Å². The molecular weight excluding hydrogens is 276 g/mol. The molecule has 11 nitrogen and oxygen atoms in total. The van der Waals surface area contributed by atoms with Crippen LogP contribution in [0.1, 0.15) is 25.7 Å². The van der Waals surface area contributed by atoms with E-state index in [0.29, 0.717) is 0 Å². The zero-order valence-electron chi connectivity index (χ0n) is 10.3. The molecule has 0 atom stereocenters. The van der Waals surface area contributed by atoms with Crippen LogP contribution in [0.3, 0.4) is 0 Å². The summed E-state index contributed by atoms with van der Waals surface area (Å²) in [5.74, 6) is -2.93. The van der Waals surface area contributed by atoms with Crippen LogP contribution < -0.4 is 22.4 Å². The number of carbonyl (C=O) groups excluding carboxylic acids is 5. The van der Waals surface area contributed by atoms with Gasteiger partial charge in [-0.15, -0.1) is 0 Å². The highest BCUT2D eigenvalue weighted by Crippen LogP contribution is 1.90. The van der Waals surface area contributed by atoms with Crippen molar-refractivity contribution < 1.29 is 33.6 Å². The fraction of sp³-hybridized carbons (Fsp3) is 0.444. The lowest BCUT2D eigenvalue weighted by Crippen LogP contribution is -2.33. The second-order valence-corrected chi connectivity index (χ2v) is 3.44. The highest BCUT2D eigenvalue weighted by molar-refractivity contribution is 5.83. The van der Waals surface area contributed by atoms with E-state index in [1.165, 1.54) is 0 Å². The Morgan fingerprint density at radius 3 is 1.35 bits per heavy atom. The first kappa shape index (κ1) is 17.2.